The molecule has 2 amide bonds. The Morgan fingerprint density at radius 2 is 1.78 bits per heavy atom. The lowest BCUT2D eigenvalue weighted by Crippen LogP contribution is -2.32. The van der Waals surface area contributed by atoms with E-state index in [1.165, 1.54) is 19.3 Å². The molecule has 1 fully saturated rings. The van der Waals surface area contributed by atoms with Gasteiger partial charge in [-0.05, 0) is 51.3 Å². The molecule has 0 saturated carbocycles. The number of rotatable bonds is 10. The van der Waals surface area contributed by atoms with E-state index < -0.39 is 0 Å². The van der Waals surface area contributed by atoms with Crippen LogP contribution in [0.2, 0.25) is 0 Å². The highest BCUT2D eigenvalue weighted by atomic mass is 16.2. The third-order valence-electron chi connectivity index (χ3n) is 4.90. The number of unbranched alkanes of at least 4 members (excludes halogenated alkanes) is 4. The van der Waals surface area contributed by atoms with E-state index in [-0.39, 0.29) is 17.9 Å². The Hall–Kier alpha value is -2.04. The van der Waals surface area contributed by atoms with Gasteiger partial charge in [0.05, 0.1) is 5.56 Å². The molecule has 0 aliphatic carbocycles. The summed E-state index contributed by atoms with van der Waals surface area (Å²) in [5.41, 5.74) is 2.31. The predicted octanol–water partition coefficient (Wildman–Crippen LogP) is 4.72. The number of hydrogen-bond donors (Lipinski definition) is 2. The van der Waals surface area contributed by atoms with Gasteiger partial charge in [-0.2, -0.15) is 0 Å². The number of carbonyl (C=O) groups is 2. The number of nitrogens with zero attached hydrogens (tertiary/aromatic N) is 1. The van der Waals surface area contributed by atoms with E-state index in [2.05, 4.69) is 22.5 Å². The van der Waals surface area contributed by atoms with E-state index in [4.69, 9.17) is 0 Å². The quantitative estimate of drug-likeness (QED) is 0.583. The Labute approximate surface area is 163 Å². The van der Waals surface area contributed by atoms with Gasteiger partial charge in [0, 0.05) is 36.9 Å². The smallest absolute Gasteiger partial charge is 0.253 e. The molecule has 1 aromatic carbocycles. The highest BCUT2D eigenvalue weighted by Gasteiger charge is 2.20. The van der Waals surface area contributed by atoms with Crippen LogP contribution in [0.5, 0.6) is 0 Å². The predicted molar refractivity (Wildman–Crippen MR) is 112 cm³/mol. The number of hydrogen-bond acceptors (Lipinski definition) is 3. The first-order chi connectivity index (χ1) is 13.0. The van der Waals surface area contributed by atoms with E-state index in [9.17, 15) is 9.59 Å². The summed E-state index contributed by atoms with van der Waals surface area (Å²) in [4.78, 5) is 27.2. The summed E-state index contributed by atoms with van der Waals surface area (Å²) in [6.45, 7) is 8.05. The number of amides is 2. The molecule has 0 bridgehead atoms. The van der Waals surface area contributed by atoms with Gasteiger partial charge in [0.2, 0.25) is 5.91 Å². The second kappa shape index (κ2) is 11.0. The van der Waals surface area contributed by atoms with Crippen molar-refractivity contribution in [1.82, 2.24) is 5.32 Å². The maximum Gasteiger partial charge on any atom is 0.253 e. The van der Waals surface area contributed by atoms with Crippen LogP contribution in [0.3, 0.4) is 0 Å². The van der Waals surface area contributed by atoms with Gasteiger partial charge < -0.3 is 15.5 Å². The first-order valence-corrected chi connectivity index (χ1v) is 10.5. The molecule has 1 aromatic rings. The molecule has 0 spiro atoms. The van der Waals surface area contributed by atoms with E-state index >= 15 is 0 Å². The first kappa shape index (κ1) is 21.3. The van der Waals surface area contributed by atoms with Crippen LogP contribution < -0.4 is 15.5 Å². The maximum atomic E-state index is 12.7. The molecule has 5 heteroatoms. The van der Waals surface area contributed by atoms with Gasteiger partial charge >= 0.3 is 0 Å². The Kier molecular flexibility index (Phi) is 8.62. The van der Waals surface area contributed by atoms with Gasteiger partial charge in [0.1, 0.15) is 0 Å². The number of benzene rings is 1. The summed E-state index contributed by atoms with van der Waals surface area (Å²) in [6, 6.07) is 5.78. The van der Waals surface area contributed by atoms with Crippen molar-refractivity contribution in [2.24, 2.45) is 0 Å². The summed E-state index contributed by atoms with van der Waals surface area (Å²) in [5.74, 6) is -0.0572. The topological polar surface area (TPSA) is 61.4 Å². The van der Waals surface area contributed by atoms with Crippen molar-refractivity contribution < 1.29 is 9.59 Å². The fourth-order valence-corrected chi connectivity index (χ4v) is 3.48. The van der Waals surface area contributed by atoms with Gasteiger partial charge in [-0.3, -0.25) is 9.59 Å². The van der Waals surface area contributed by atoms with Gasteiger partial charge in [0.25, 0.3) is 5.91 Å². The molecule has 0 atom stereocenters. The van der Waals surface area contributed by atoms with E-state index in [1.54, 1.807) is 0 Å². The molecule has 0 unspecified atom stereocenters. The molecule has 0 aromatic heterocycles. The van der Waals surface area contributed by atoms with Crippen molar-refractivity contribution in [2.75, 3.05) is 23.3 Å². The Morgan fingerprint density at radius 3 is 2.44 bits per heavy atom. The van der Waals surface area contributed by atoms with Crippen molar-refractivity contribution in [3.63, 3.8) is 0 Å². The molecule has 27 heavy (non-hydrogen) atoms. The van der Waals surface area contributed by atoms with E-state index in [0.717, 1.165) is 44.5 Å². The van der Waals surface area contributed by atoms with E-state index in [0.29, 0.717) is 17.7 Å². The largest absolute Gasteiger partial charge is 0.371 e. The zero-order valence-corrected chi connectivity index (χ0v) is 17.1. The van der Waals surface area contributed by atoms with Gasteiger partial charge in [-0.1, -0.05) is 32.6 Å². The second-order valence-corrected chi connectivity index (χ2v) is 7.77. The van der Waals surface area contributed by atoms with Crippen LogP contribution in [0.15, 0.2) is 18.2 Å². The zero-order chi connectivity index (χ0) is 19.6. The SMILES string of the molecule is CCCCCCCC(=O)Nc1ccc(N2CCCC2)c(C(=O)NC(C)C)c1. The second-order valence-electron chi connectivity index (χ2n) is 7.77. The van der Waals surface area contributed by atoms with Crippen molar-refractivity contribution in [3.05, 3.63) is 23.8 Å². The molecule has 1 heterocycles. The summed E-state index contributed by atoms with van der Waals surface area (Å²) >= 11 is 0. The molecular formula is C22H35N3O2. The average Bonchev–Trinajstić information content (AvgIpc) is 3.15. The molecule has 1 saturated heterocycles. The summed E-state index contributed by atoms with van der Waals surface area (Å²) in [7, 11) is 0. The van der Waals surface area contributed by atoms with Crippen molar-refractivity contribution >= 4 is 23.2 Å². The van der Waals surface area contributed by atoms with Crippen LogP contribution in [0.4, 0.5) is 11.4 Å². The maximum absolute atomic E-state index is 12.7. The minimum atomic E-state index is -0.0810. The lowest BCUT2D eigenvalue weighted by Gasteiger charge is -2.22. The lowest BCUT2D eigenvalue weighted by atomic mass is 10.1. The normalized spacial score (nSPS) is 13.9. The standard InChI is InChI=1S/C22H35N3O2/c1-4-5-6-7-8-11-21(26)24-18-12-13-20(25-14-9-10-15-25)19(16-18)22(27)23-17(2)3/h12-13,16-17H,4-11,14-15H2,1-3H3,(H,23,27)(H,24,26). The molecule has 1 aliphatic rings. The van der Waals surface area contributed by atoms with Crippen LogP contribution in [0, 0.1) is 0 Å². The molecule has 150 valence electrons. The van der Waals surface area contributed by atoms with Crippen LogP contribution in [0.25, 0.3) is 0 Å². The lowest BCUT2D eigenvalue weighted by molar-refractivity contribution is -0.116. The highest BCUT2D eigenvalue weighted by Crippen LogP contribution is 2.28. The third-order valence-corrected chi connectivity index (χ3v) is 4.90. The average molecular weight is 374 g/mol. The molecular weight excluding hydrogens is 338 g/mol. The zero-order valence-electron chi connectivity index (χ0n) is 17.1. The highest BCUT2D eigenvalue weighted by molar-refractivity contribution is 6.02. The van der Waals surface area contributed by atoms with Crippen LogP contribution in [-0.2, 0) is 4.79 Å². The minimum absolute atomic E-state index is 0.0237. The van der Waals surface area contributed by atoms with Gasteiger partial charge in [0.15, 0.2) is 0 Å². The number of nitrogens with one attached hydrogen (secondary N) is 2. The fraction of sp³-hybridized carbons (Fsp3) is 0.636. The Morgan fingerprint density at radius 1 is 1.07 bits per heavy atom. The summed E-state index contributed by atoms with van der Waals surface area (Å²) < 4.78 is 0. The van der Waals surface area contributed by atoms with Crippen molar-refractivity contribution in [2.45, 2.75) is 78.2 Å². The van der Waals surface area contributed by atoms with Gasteiger partial charge in [-0.25, -0.2) is 0 Å². The molecule has 0 radical (unpaired) electrons. The Bertz CT molecular complexity index is 622. The number of carbonyl (C=O) groups excluding carboxylic acids is 2. The molecule has 2 N–H and O–H groups in total. The Balaban J connectivity index is 2.04. The molecule has 1 aliphatic heterocycles. The number of anilines is 2. The summed E-state index contributed by atoms with van der Waals surface area (Å²) in [6.07, 6.45) is 8.47. The fourth-order valence-electron chi connectivity index (χ4n) is 3.48. The molecule has 5 nitrogen and oxygen atoms in total. The minimum Gasteiger partial charge on any atom is -0.371 e. The van der Waals surface area contributed by atoms with E-state index in [1.807, 2.05) is 32.0 Å². The van der Waals surface area contributed by atoms with Crippen molar-refractivity contribution in [3.8, 4) is 0 Å². The van der Waals surface area contributed by atoms with Crippen LogP contribution in [-0.4, -0.2) is 30.9 Å². The first-order valence-electron chi connectivity index (χ1n) is 10.5. The summed E-state index contributed by atoms with van der Waals surface area (Å²) in [5, 5.41) is 5.94. The van der Waals surface area contributed by atoms with Crippen LogP contribution in [0.1, 0.15) is 82.5 Å². The monoisotopic (exact) mass is 373 g/mol. The van der Waals surface area contributed by atoms with Gasteiger partial charge in [-0.15, -0.1) is 0 Å². The van der Waals surface area contributed by atoms with Crippen LogP contribution >= 0.6 is 0 Å². The van der Waals surface area contributed by atoms with Crippen molar-refractivity contribution in [1.29, 1.82) is 0 Å². The molecule has 2 rings (SSSR count). The third kappa shape index (κ3) is 6.89.